The quantitative estimate of drug-likeness (QED) is 0.573. The van der Waals surface area contributed by atoms with Gasteiger partial charge in [-0.15, -0.1) is 0 Å². The summed E-state index contributed by atoms with van der Waals surface area (Å²) < 4.78 is 0. The number of rotatable bonds is 2. The van der Waals surface area contributed by atoms with Crippen molar-refractivity contribution in [3.05, 3.63) is 27.9 Å². The van der Waals surface area contributed by atoms with E-state index in [0.717, 1.165) is 12.0 Å². The maximum Gasteiger partial charge on any atom is 0.311 e. The summed E-state index contributed by atoms with van der Waals surface area (Å²) in [6, 6.07) is 1.49. The van der Waals surface area contributed by atoms with Crippen molar-refractivity contribution in [3.63, 3.8) is 0 Å². The van der Waals surface area contributed by atoms with Gasteiger partial charge in [0.1, 0.15) is 0 Å². The van der Waals surface area contributed by atoms with Crippen molar-refractivity contribution < 1.29 is 9.72 Å². The van der Waals surface area contributed by atoms with Gasteiger partial charge in [-0.05, 0) is 18.9 Å². The van der Waals surface area contributed by atoms with E-state index in [2.05, 4.69) is 4.98 Å². The van der Waals surface area contributed by atoms with Crippen LogP contribution in [0.3, 0.4) is 0 Å². The second-order valence-corrected chi connectivity index (χ2v) is 4.18. The third-order valence-electron chi connectivity index (χ3n) is 2.73. The summed E-state index contributed by atoms with van der Waals surface area (Å²) in [4.78, 5) is 27.6. The van der Waals surface area contributed by atoms with Gasteiger partial charge in [0.15, 0.2) is 5.78 Å². The number of aryl methyl sites for hydroxylation is 1. The average Bonchev–Trinajstić information content (AvgIpc) is 2.28. The minimum atomic E-state index is -0.450. The van der Waals surface area contributed by atoms with E-state index in [4.69, 9.17) is 0 Å². The summed E-state index contributed by atoms with van der Waals surface area (Å²) in [6.45, 7) is 2.62. The van der Waals surface area contributed by atoms with Crippen molar-refractivity contribution in [2.45, 2.75) is 19.8 Å². The molecule has 0 amide bonds. The fraction of sp³-hybridized carbons (Fsp3) is 0.455. The van der Waals surface area contributed by atoms with Crippen LogP contribution < -0.4 is 4.90 Å². The lowest BCUT2D eigenvalue weighted by Crippen LogP contribution is -2.36. The summed E-state index contributed by atoms with van der Waals surface area (Å²) >= 11 is 0. The Labute approximate surface area is 98.4 Å². The smallest absolute Gasteiger partial charge is 0.311 e. The Morgan fingerprint density at radius 1 is 1.53 bits per heavy atom. The number of aromatic nitrogens is 1. The van der Waals surface area contributed by atoms with Gasteiger partial charge in [0, 0.05) is 25.2 Å². The Morgan fingerprint density at radius 2 is 2.29 bits per heavy atom. The molecule has 0 aromatic carbocycles. The van der Waals surface area contributed by atoms with Crippen LogP contribution in [0.25, 0.3) is 0 Å². The number of carbonyl (C=O) groups excluding carboxylic acids is 1. The van der Waals surface area contributed by atoms with Gasteiger partial charge in [0.2, 0.25) is 5.82 Å². The van der Waals surface area contributed by atoms with Gasteiger partial charge in [0.05, 0.1) is 11.5 Å². The first kappa shape index (κ1) is 11.5. The molecule has 0 atom stereocenters. The predicted molar refractivity (Wildman–Crippen MR) is 62.1 cm³/mol. The summed E-state index contributed by atoms with van der Waals surface area (Å²) in [7, 11) is 0. The largest absolute Gasteiger partial charge is 0.344 e. The highest BCUT2D eigenvalue weighted by atomic mass is 16.6. The molecule has 0 N–H and O–H groups in total. The number of nitro groups is 1. The molecule has 17 heavy (non-hydrogen) atoms. The molecular weight excluding hydrogens is 222 g/mol. The molecule has 2 rings (SSSR count). The second kappa shape index (κ2) is 4.48. The molecule has 1 aromatic heterocycles. The van der Waals surface area contributed by atoms with E-state index >= 15 is 0 Å². The van der Waals surface area contributed by atoms with Crippen LogP contribution in [0, 0.1) is 17.0 Å². The fourth-order valence-corrected chi connectivity index (χ4v) is 1.94. The van der Waals surface area contributed by atoms with Crippen molar-refractivity contribution in [1.29, 1.82) is 0 Å². The average molecular weight is 235 g/mol. The SMILES string of the molecule is Cc1cnc(N2CCCC(=O)C2)c([N+](=O)[O-])c1. The molecule has 2 heterocycles. The van der Waals surface area contributed by atoms with Gasteiger partial charge in [-0.2, -0.15) is 0 Å². The zero-order chi connectivity index (χ0) is 12.4. The molecule has 1 aliphatic rings. The van der Waals surface area contributed by atoms with E-state index in [1.165, 1.54) is 6.07 Å². The van der Waals surface area contributed by atoms with Crippen molar-refractivity contribution in [2.24, 2.45) is 0 Å². The lowest BCUT2D eigenvalue weighted by atomic mass is 10.1. The van der Waals surface area contributed by atoms with Crippen LogP contribution in [0.5, 0.6) is 0 Å². The summed E-state index contributed by atoms with van der Waals surface area (Å²) in [6.07, 6.45) is 2.86. The first-order valence-electron chi connectivity index (χ1n) is 5.45. The van der Waals surface area contributed by atoms with E-state index in [1.54, 1.807) is 18.0 Å². The molecule has 1 fully saturated rings. The number of nitrogens with zero attached hydrogens (tertiary/aromatic N) is 3. The minimum Gasteiger partial charge on any atom is -0.344 e. The van der Waals surface area contributed by atoms with E-state index < -0.39 is 4.92 Å². The van der Waals surface area contributed by atoms with Crippen LogP contribution in [-0.4, -0.2) is 28.8 Å². The van der Waals surface area contributed by atoms with Gasteiger partial charge in [-0.1, -0.05) is 0 Å². The van der Waals surface area contributed by atoms with Gasteiger partial charge in [-0.25, -0.2) is 4.98 Å². The molecule has 1 aromatic rings. The molecular formula is C11H13N3O3. The molecule has 0 bridgehead atoms. The zero-order valence-corrected chi connectivity index (χ0v) is 9.55. The van der Waals surface area contributed by atoms with Gasteiger partial charge in [-0.3, -0.25) is 14.9 Å². The maximum atomic E-state index is 11.4. The predicted octanol–water partition coefficient (Wildman–Crippen LogP) is 1.47. The van der Waals surface area contributed by atoms with Crippen LogP contribution in [0.15, 0.2) is 12.3 Å². The Bertz CT molecular complexity index is 473. The monoisotopic (exact) mass is 235 g/mol. The normalized spacial score (nSPS) is 16.1. The minimum absolute atomic E-state index is 0.0281. The van der Waals surface area contributed by atoms with Crippen LogP contribution >= 0.6 is 0 Å². The molecule has 0 radical (unpaired) electrons. The standard InChI is InChI=1S/C11H13N3O3/c1-8-5-10(14(16)17)11(12-6-8)13-4-2-3-9(15)7-13/h5-6H,2-4,7H2,1H3. The topological polar surface area (TPSA) is 76.3 Å². The molecule has 6 heteroatoms. The molecule has 0 aliphatic carbocycles. The fourth-order valence-electron chi connectivity index (χ4n) is 1.94. The Morgan fingerprint density at radius 3 is 2.94 bits per heavy atom. The van der Waals surface area contributed by atoms with Gasteiger partial charge in [0.25, 0.3) is 0 Å². The number of carbonyl (C=O) groups is 1. The molecule has 90 valence electrons. The number of anilines is 1. The molecule has 6 nitrogen and oxygen atoms in total. The lowest BCUT2D eigenvalue weighted by molar-refractivity contribution is -0.384. The van der Waals surface area contributed by atoms with Crippen molar-refractivity contribution in [3.8, 4) is 0 Å². The highest BCUT2D eigenvalue weighted by Gasteiger charge is 2.25. The number of hydrogen-bond acceptors (Lipinski definition) is 5. The number of pyridine rings is 1. The Balaban J connectivity index is 2.37. The van der Waals surface area contributed by atoms with E-state index in [-0.39, 0.29) is 18.0 Å². The van der Waals surface area contributed by atoms with Crippen LogP contribution in [0.2, 0.25) is 0 Å². The van der Waals surface area contributed by atoms with Crippen LogP contribution in [-0.2, 0) is 4.79 Å². The van der Waals surface area contributed by atoms with Gasteiger partial charge >= 0.3 is 5.69 Å². The first-order chi connectivity index (χ1) is 8.08. The summed E-state index contributed by atoms with van der Waals surface area (Å²) in [5, 5.41) is 11.0. The number of piperidine rings is 1. The highest BCUT2D eigenvalue weighted by Crippen LogP contribution is 2.27. The van der Waals surface area contributed by atoms with Crippen LogP contribution in [0.4, 0.5) is 11.5 Å². The molecule has 1 saturated heterocycles. The zero-order valence-electron chi connectivity index (χ0n) is 9.55. The van der Waals surface area contributed by atoms with Crippen molar-refractivity contribution in [1.82, 2.24) is 4.98 Å². The summed E-state index contributed by atoms with van der Waals surface area (Å²) in [5.74, 6) is 0.404. The van der Waals surface area contributed by atoms with Crippen LogP contribution in [0.1, 0.15) is 18.4 Å². The highest BCUT2D eigenvalue weighted by molar-refractivity contribution is 5.85. The van der Waals surface area contributed by atoms with Gasteiger partial charge < -0.3 is 4.90 Å². The van der Waals surface area contributed by atoms with E-state index in [1.807, 2.05) is 0 Å². The second-order valence-electron chi connectivity index (χ2n) is 4.18. The molecule has 0 unspecified atom stereocenters. The van der Waals surface area contributed by atoms with E-state index in [9.17, 15) is 14.9 Å². The molecule has 0 saturated carbocycles. The Kier molecular flexibility index (Phi) is 3.03. The molecule has 1 aliphatic heterocycles. The third kappa shape index (κ3) is 2.41. The first-order valence-corrected chi connectivity index (χ1v) is 5.45. The number of ketones is 1. The lowest BCUT2D eigenvalue weighted by Gasteiger charge is -2.26. The van der Waals surface area contributed by atoms with Crippen molar-refractivity contribution >= 4 is 17.3 Å². The Hall–Kier alpha value is -1.98. The molecule has 0 spiro atoms. The van der Waals surface area contributed by atoms with E-state index in [0.29, 0.717) is 18.8 Å². The number of Topliss-reactive ketones (excluding diaryl/α,β-unsaturated/α-hetero) is 1. The summed E-state index contributed by atoms with van der Waals surface area (Å²) in [5.41, 5.74) is 0.712. The third-order valence-corrected chi connectivity index (χ3v) is 2.73. The number of hydrogen-bond donors (Lipinski definition) is 0. The van der Waals surface area contributed by atoms with Crippen molar-refractivity contribution in [2.75, 3.05) is 18.0 Å². The maximum absolute atomic E-state index is 11.4.